The number of amides is 1. The van der Waals surface area contributed by atoms with Crippen LogP contribution in [0.2, 0.25) is 0 Å². The number of benzene rings is 3. The number of anilines is 1. The molecule has 3 rings (SSSR count). The molecule has 9 heteroatoms. The minimum Gasteiger partial charge on any atom is -0.494 e. The Morgan fingerprint density at radius 1 is 0.889 bits per heavy atom. The van der Waals surface area contributed by atoms with E-state index in [4.69, 9.17) is 14.2 Å². The molecule has 0 saturated heterocycles. The Morgan fingerprint density at radius 2 is 1.53 bits per heavy atom. The molecule has 0 radical (unpaired) electrons. The van der Waals surface area contributed by atoms with Crippen LogP contribution in [0.3, 0.4) is 0 Å². The van der Waals surface area contributed by atoms with Crippen LogP contribution in [0.15, 0.2) is 65.6 Å². The van der Waals surface area contributed by atoms with Gasteiger partial charge in [0.05, 0.1) is 31.4 Å². The number of aryl methyl sites for hydroxylation is 2. The van der Waals surface area contributed by atoms with Gasteiger partial charge in [0.2, 0.25) is 5.91 Å². The lowest BCUT2D eigenvalue weighted by molar-refractivity contribution is -0.119. The standard InChI is InChI=1S/C27H32N2O6S/c1-6-35-23-9-7-21(8-10-23)17-28-27(30)18-29(22-14-19(2)13-20(3)15-22)36(31,32)24-11-12-25(33-4)26(16-24)34-5/h7-16H,6,17-18H2,1-5H3,(H,28,30). The van der Waals surface area contributed by atoms with Gasteiger partial charge < -0.3 is 19.5 Å². The molecule has 0 atom stereocenters. The average Bonchev–Trinajstić information content (AvgIpc) is 2.85. The first-order valence-electron chi connectivity index (χ1n) is 11.5. The molecule has 36 heavy (non-hydrogen) atoms. The third-order valence-corrected chi connectivity index (χ3v) is 7.22. The maximum atomic E-state index is 13.8. The lowest BCUT2D eigenvalue weighted by atomic mass is 10.1. The molecule has 0 aliphatic heterocycles. The van der Waals surface area contributed by atoms with E-state index in [1.807, 2.05) is 51.1 Å². The number of hydrogen-bond donors (Lipinski definition) is 1. The van der Waals surface area contributed by atoms with Crippen LogP contribution >= 0.6 is 0 Å². The first kappa shape index (κ1) is 26.9. The molecule has 1 amide bonds. The third kappa shape index (κ3) is 6.48. The highest BCUT2D eigenvalue weighted by atomic mass is 32.2. The molecule has 0 fully saturated rings. The first-order chi connectivity index (χ1) is 17.2. The number of rotatable bonds is 11. The van der Waals surface area contributed by atoms with Crippen LogP contribution in [-0.4, -0.2) is 41.7 Å². The fourth-order valence-corrected chi connectivity index (χ4v) is 5.19. The molecule has 0 bridgehead atoms. The Kier molecular flexibility index (Phi) is 8.82. The second-order valence-electron chi connectivity index (χ2n) is 8.23. The molecule has 3 aromatic rings. The van der Waals surface area contributed by atoms with Crippen molar-refractivity contribution in [3.63, 3.8) is 0 Å². The largest absolute Gasteiger partial charge is 0.494 e. The molecule has 0 spiro atoms. The monoisotopic (exact) mass is 512 g/mol. The van der Waals surface area contributed by atoms with E-state index in [1.54, 1.807) is 12.1 Å². The topological polar surface area (TPSA) is 94.2 Å². The summed E-state index contributed by atoms with van der Waals surface area (Å²) in [5, 5.41) is 2.81. The zero-order valence-corrected chi connectivity index (χ0v) is 22.0. The lowest BCUT2D eigenvalue weighted by Crippen LogP contribution is -2.40. The van der Waals surface area contributed by atoms with Crippen molar-refractivity contribution in [3.8, 4) is 17.2 Å². The number of ether oxygens (including phenoxy) is 3. The highest BCUT2D eigenvalue weighted by Crippen LogP contribution is 2.32. The van der Waals surface area contributed by atoms with E-state index < -0.39 is 22.5 Å². The van der Waals surface area contributed by atoms with Crippen LogP contribution in [0, 0.1) is 13.8 Å². The van der Waals surface area contributed by atoms with Crippen molar-refractivity contribution in [3.05, 3.63) is 77.4 Å². The predicted molar refractivity (Wildman–Crippen MR) is 139 cm³/mol. The van der Waals surface area contributed by atoms with E-state index >= 15 is 0 Å². The van der Waals surface area contributed by atoms with Crippen molar-refractivity contribution in [2.24, 2.45) is 0 Å². The number of hydrogen-bond acceptors (Lipinski definition) is 6. The van der Waals surface area contributed by atoms with Gasteiger partial charge in [-0.05, 0) is 73.9 Å². The van der Waals surface area contributed by atoms with Crippen LogP contribution in [-0.2, 0) is 21.4 Å². The van der Waals surface area contributed by atoms with E-state index in [0.717, 1.165) is 26.7 Å². The van der Waals surface area contributed by atoms with E-state index in [1.165, 1.54) is 32.4 Å². The fourth-order valence-electron chi connectivity index (χ4n) is 3.77. The maximum absolute atomic E-state index is 13.8. The summed E-state index contributed by atoms with van der Waals surface area (Å²) in [5.41, 5.74) is 3.03. The van der Waals surface area contributed by atoms with Gasteiger partial charge in [-0.3, -0.25) is 9.10 Å². The summed E-state index contributed by atoms with van der Waals surface area (Å²) in [4.78, 5) is 12.9. The molecule has 0 aliphatic rings. The SMILES string of the molecule is CCOc1ccc(CNC(=O)CN(c2cc(C)cc(C)c2)S(=O)(=O)c2ccc(OC)c(OC)c2)cc1. The number of carbonyl (C=O) groups is 1. The summed E-state index contributed by atoms with van der Waals surface area (Å²) < 4.78 is 44.6. The van der Waals surface area contributed by atoms with Gasteiger partial charge in [0.25, 0.3) is 10.0 Å². The maximum Gasteiger partial charge on any atom is 0.264 e. The molecule has 192 valence electrons. The quantitative estimate of drug-likeness (QED) is 0.413. The fraction of sp³-hybridized carbons (Fsp3) is 0.296. The molecule has 0 saturated carbocycles. The Bertz CT molecular complexity index is 1290. The number of carbonyl (C=O) groups excluding carboxylic acids is 1. The third-order valence-electron chi connectivity index (χ3n) is 5.45. The zero-order chi connectivity index (χ0) is 26.3. The van der Waals surface area contributed by atoms with Gasteiger partial charge in [0.15, 0.2) is 11.5 Å². The highest BCUT2D eigenvalue weighted by molar-refractivity contribution is 7.92. The van der Waals surface area contributed by atoms with Crippen LogP contribution in [0.25, 0.3) is 0 Å². The summed E-state index contributed by atoms with van der Waals surface area (Å²) in [7, 11) is -1.21. The van der Waals surface area contributed by atoms with E-state index in [-0.39, 0.29) is 17.2 Å². The molecule has 0 aromatic heterocycles. The molecule has 0 heterocycles. The van der Waals surface area contributed by atoms with Crippen molar-refractivity contribution in [2.45, 2.75) is 32.2 Å². The summed E-state index contributed by atoms with van der Waals surface area (Å²) in [6, 6.07) is 17.1. The minimum absolute atomic E-state index is 0.0152. The summed E-state index contributed by atoms with van der Waals surface area (Å²) >= 11 is 0. The van der Waals surface area contributed by atoms with Crippen molar-refractivity contribution in [1.82, 2.24) is 5.32 Å². The Balaban J connectivity index is 1.89. The molecule has 1 N–H and O–H groups in total. The van der Waals surface area contributed by atoms with Gasteiger partial charge in [-0.15, -0.1) is 0 Å². The number of nitrogens with zero attached hydrogens (tertiary/aromatic N) is 1. The van der Waals surface area contributed by atoms with Crippen molar-refractivity contribution < 1.29 is 27.4 Å². The van der Waals surface area contributed by atoms with E-state index in [2.05, 4.69) is 5.32 Å². The van der Waals surface area contributed by atoms with Gasteiger partial charge in [-0.1, -0.05) is 18.2 Å². The summed E-state index contributed by atoms with van der Waals surface area (Å²) in [6.45, 7) is 6.09. The Hall–Kier alpha value is -3.72. The molecule has 8 nitrogen and oxygen atoms in total. The first-order valence-corrected chi connectivity index (χ1v) is 12.9. The summed E-state index contributed by atoms with van der Waals surface area (Å²) in [5.74, 6) is 0.989. The normalized spacial score (nSPS) is 11.0. The van der Waals surface area contributed by atoms with Gasteiger partial charge >= 0.3 is 0 Å². The van der Waals surface area contributed by atoms with Gasteiger partial charge in [0, 0.05) is 12.6 Å². The minimum atomic E-state index is -4.11. The predicted octanol–water partition coefficient (Wildman–Crippen LogP) is 4.23. The van der Waals surface area contributed by atoms with Crippen molar-refractivity contribution in [2.75, 3.05) is 31.7 Å². The lowest BCUT2D eigenvalue weighted by Gasteiger charge is -2.25. The van der Waals surface area contributed by atoms with Crippen LogP contribution < -0.4 is 23.8 Å². The van der Waals surface area contributed by atoms with Crippen molar-refractivity contribution >= 4 is 21.6 Å². The molecular weight excluding hydrogens is 480 g/mol. The van der Waals surface area contributed by atoms with Gasteiger partial charge in [0.1, 0.15) is 12.3 Å². The van der Waals surface area contributed by atoms with Crippen molar-refractivity contribution in [1.29, 1.82) is 0 Å². The molecule has 3 aromatic carbocycles. The van der Waals surface area contributed by atoms with Gasteiger partial charge in [-0.2, -0.15) is 0 Å². The Morgan fingerprint density at radius 3 is 2.11 bits per heavy atom. The Labute approximate surface area is 212 Å². The van der Waals surface area contributed by atoms with Crippen LogP contribution in [0.5, 0.6) is 17.2 Å². The highest BCUT2D eigenvalue weighted by Gasteiger charge is 2.28. The second kappa shape index (κ2) is 11.8. The second-order valence-corrected chi connectivity index (χ2v) is 10.1. The van der Waals surface area contributed by atoms with Gasteiger partial charge in [-0.25, -0.2) is 8.42 Å². The summed E-state index contributed by atoms with van der Waals surface area (Å²) in [6.07, 6.45) is 0. The molecular formula is C27H32N2O6S. The number of methoxy groups -OCH3 is 2. The average molecular weight is 513 g/mol. The van der Waals surface area contributed by atoms with Crippen LogP contribution in [0.4, 0.5) is 5.69 Å². The van der Waals surface area contributed by atoms with E-state index in [9.17, 15) is 13.2 Å². The molecule has 0 aliphatic carbocycles. The number of nitrogens with one attached hydrogen (secondary N) is 1. The smallest absolute Gasteiger partial charge is 0.264 e. The van der Waals surface area contributed by atoms with Crippen LogP contribution in [0.1, 0.15) is 23.6 Å². The zero-order valence-electron chi connectivity index (χ0n) is 21.2. The number of sulfonamides is 1. The van der Waals surface area contributed by atoms with E-state index in [0.29, 0.717) is 18.0 Å². The molecule has 0 unspecified atom stereocenters.